The van der Waals surface area contributed by atoms with Crippen molar-refractivity contribution in [1.82, 2.24) is 0 Å². The molecular formula is C25H20Cl2N2O4. The molecule has 1 aliphatic rings. The van der Waals surface area contributed by atoms with Crippen LogP contribution in [0.2, 0.25) is 10.0 Å². The standard InChI is InChI=1S/C25H20Cl2N2O4/c1-2-31-23-10-15(4-8-21(23)32-13-14-3-7-19(26)20(27)9-14)24-17-6-5-16(30)11-22(17)33-25(29)18(24)12-28/h3-11,24,30H,2,13,29H2,1H3/t24-/m0/s1. The lowest BCUT2D eigenvalue weighted by Crippen LogP contribution is -2.21. The lowest BCUT2D eigenvalue weighted by atomic mass is 9.83. The number of nitriles is 1. The Morgan fingerprint density at radius 2 is 1.85 bits per heavy atom. The molecule has 0 amide bonds. The molecule has 1 heterocycles. The number of benzene rings is 3. The van der Waals surface area contributed by atoms with Gasteiger partial charge in [0, 0.05) is 11.6 Å². The van der Waals surface area contributed by atoms with Crippen molar-refractivity contribution >= 4 is 23.2 Å². The van der Waals surface area contributed by atoms with E-state index in [1.165, 1.54) is 6.07 Å². The summed E-state index contributed by atoms with van der Waals surface area (Å²) in [6, 6.07) is 17.7. The molecule has 4 rings (SSSR count). The second kappa shape index (κ2) is 9.53. The third-order valence-corrected chi connectivity index (χ3v) is 5.92. The van der Waals surface area contributed by atoms with Gasteiger partial charge < -0.3 is 25.1 Å². The summed E-state index contributed by atoms with van der Waals surface area (Å²) >= 11 is 12.1. The second-order valence-electron chi connectivity index (χ2n) is 7.32. The van der Waals surface area contributed by atoms with E-state index >= 15 is 0 Å². The highest BCUT2D eigenvalue weighted by Crippen LogP contribution is 2.45. The summed E-state index contributed by atoms with van der Waals surface area (Å²) in [5, 5.41) is 20.5. The third kappa shape index (κ3) is 4.65. The zero-order chi connectivity index (χ0) is 23.5. The minimum atomic E-state index is -0.484. The molecule has 0 fully saturated rings. The summed E-state index contributed by atoms with van der Waals surface area (Å²) in [6.45, 7) is 2.57. The Balaban J connectivity index is 1.69. The SMILES string of the molecule is CCOc1cc([C@@H]2C(C#N)=C(N)Oc3cc(O)ccc32)ccc1OCc1ccc(Cl)c(Cl)c1. The van der Waals surface area contributed by atoms with Crippen molar-refractivity contribution in [2.45, 2.75) is 19.4 Å². The van der Waals surface area contributed by atoms with Gasteiger partial charge in [0.2, 0.25) is 5.88 Å². The van der Waals surface area contributed by atoms with Gasteiger partial charge >= 0.3 is 0 Å². The van der Waals surface area contributed by atoms with Crippen LogP contribution in [-0.4, -0.2) is 11.7 Å². The molecule has 0 aliphatic carbocycles. The largest absolute Gasteiger partial charge is 0.508 e. The molecule has 3 aromatic carbocycles. The molecule has 1 atom stereocenters. The van der Waals surface area contributed by atoms with Gasteiger partial charge in [0.15, 0.2) is 11.5 Å². The zero-order valence-corrected chi connectivity index (χ0v) is 19.2. The van der Waals surface area contributed by atoms with Crippen LogP contribution in [0.5, 0.6) is 23.0 Å². The van der Waals surface area contributed by atoms with Gasteiger partial charge in [-0.25, -0.2) is 0 Å². The summed E-state index contributed by atoms with van der Waals surface area (Å²) < 4.78 is 17.4. The molecular weight excluding hydrogens is 463 g/mol. The van der Waals surface area contributed by atoms with Gasteiger partial charge in [-0.3, -0.25) is 0 Å². The Bertz CT molecular complexity index is 1280. The Morgan fingerprint density at radius 1 is 1.03 bits per heavy atom. The molecule has 168 valence electrons. The van der Waals surface area contributed by atoms with Crippen molar-refractivity contribution in [2.24, 2.45) is 5.73 Å². The van der Waals surface area contributed by atoms with E-state index in [1.54, 1.807) is 30.3 Å². The van der Waals surface area contributed by atoms with Gasteiger partial charge in [0.05, 0.1) is 22.6 Å². The molecule has 0 spiro atoms. The highest BCUT2D eigenvalue weighted by atomic mass is 35.5. The van der Waals surface area contributed by atoms with Gasteiger partial charge in [-0.15, -0.1) is 0 Å². The quantitative estimate of drug-likeness (QED) is 0.454. The fourth-order valence-electron chi connectivity index (χ4n) is 3.67. The van der Waals surface area contributed by atoms with Crippen LogP contribution >= 0.6 is 23.2 Å². The number of phenols is 1. The lowest BCUT2D eigenvalue weighted by Gasteiger charge is -2.27. The summed E-state index contributed by atoms with van der Waals surface area (Å²) in [5.74, 6) is 1.02. The maximum atomic E-state index is 9.84. The number of phenolic OH excluding ortho intramolecular Hbond substituents is 1. The normalized spacial score (nSPS) is 14.8. The van der Waals surface area contributed by atoms with E-state index in [9.17, 15) is 10.4 Å². The number of ether oxygens (including phenoxy) is 3. The van der Waals surface area contributed by atoms with Gasteiger partial charge in [0.1, 0.15) is 29.7 Å². The molecule has 6 nitrogen and oxygen atoms in total. The number of fused-ring (bicyclic) bond motifs is 1. The van der Waals surface area contributed by atoms with Gasteiger partial charge in [0.25, 0.3) is 0 Å². The maximum absolute atomic E-state index is 9.84. The van der Waals surface area contributed by atoms with E-state index in [0.717, 1.165) is 11.1 Å². The number of halogens is 2. The van der Waals surface area contributed by atoms with Crippen LogP contribution in [-0.2, 0) is 6.61 Å². The first-order valence-corrected chi connectivity index (χ1v) is 10.9. The number of hydrogen-bond donors (Lipinski definition) is 2. The Morgan fingerprint density at radius 3 is 2.58 bits per heavy atom. The molecule has 0 saturated carbocycles. The fourth-order valence-corrected chi connectivity index (χ4v) is 3.99. The first kappa shape index (κ1) is 22.7. The minimum Gasteiger partial charge on any atom is -0.508 e. The Labute approximate surface area is 201 Å². The van der Waals surface area contributed by atoms with Crippen LogP contribution in [0.4, 0.5) is 0 Å². The van der Waals surface area contributed by atoms with Crippen molar-refractivity contribution in [1.29, 1.82) is 5.26 Å². The molecule has 0 saturated heterocycles. The first-order chi connectivity index (χ1) is 15.9. The van der Waals surface area contributed by atoms with Crippen molar-refractivity contribution in [3.8, 4) is 29.1 Å². The topological polar surface area (TPSA) is 97.7 Å². The second-order valence-corrected chi connectivity index (χ2v) is 8.14. The predicted octanol–water partition coefficient (Wildman–Crippen LogP) is 5.89. The van der Waals surface area contributed by atoms with Crippen LogP contribution < -0.4 is 19.9 Å². The van der Waals surface area contributed by atoms with E-state index in [0.29, 0.717) is 39.5 Å². The predicted molar refractivity (Wildman–Crippen MR) is 126 cm³/mol. The third-order valence-electron chi connectivity index (χ3n) is 5.18. The monoisotopic (exact) mass is 482 g/mol. The average Bonchev–Trinajstić information content (AvgIpc) is 2.79. The summed E-state index contributed by atoms with van der Waals surface area (Å²) in [4.78, 5) is 0. The molecule has 0 aromatic heterocycles. The smallest absolute Gasteiger partial charge is 0.205 e. The number of rotatable bonds is 6. The van der Waals surface area contributed by atoms with Gasteiger partial charge in [-0.2, -0.15) is 5.26 Å². The lowest BCUT2D eigenvalue weighted by molar-refractivity contribution is 0.269. The van der Waals surface area contributed by atoms with E-state index in [-0.39, 0.29) is 23.8 Å². The van der Waals surface area contributed by atoms with E-state index in [2.05, 4.69) is 6.07 Å². The van der Waals surface area contributed by atoms with Gasteiger partial charge in [-0.05, 0) is 48.4 Å². The van der Waals surface area contributed by atoms with Gasteiger partial charge in [-0.1, -0.05) is 41.4 Å². The molecule has 0 unspecified atom stereocenters. The molecule has 33 heavy (non-hydrogen) atoms. The number of aromatic hydroxyl groups is 1. The molecule has 3 N–H and O–H groups in total. The van der Waals surface area contributed by atoms with Crippen LogP contribution in [0, 0.1) is 11.3 Å². The van der Waals surface area contributed by atoms with E-state index < -0.39 is 5.92 Å². The Hall–Kier alpha value is -3.53. The van der Waals surface area contributed by atoms with Crippen molar-refractivity contribution in [3.05, 3.63) is 92.8 Å². The Kier molecular flexibility index (Phi) is 6.55. The van der Waals surface area contributed by atoms with Crippen molar-refractivity contribution in [2.75, 3.05) is 6.61 Å². The molecule has 1 aliphatic heterocycles. The summed E-state index contributed by atoms with van der Waals surface area (Å²) in [5.41, 5.74) is 8.64. The maximum Gasteiger partial charge on any atom is 0.205 e. The average molecular weight is 483 g/mol. The molecule has 8 heteroatoms. The van der Waals surface area contributed by atoms with Crippen LogP contribution in [0.15, 0.2) is 66.1 Å². The fraction of sp³-hybridized carbons (Fsp3) is 0.160. The zero-order valence-electron chi connectivity index (χ0n) is 17.6. The van der Waals surface area contributed by atoms with Crippen LogP contribution in [0.3, 0.4) is 0 Å². The molecule has 3 aromatic rings. The summed E-state index contributed by atoms with van der Waals surface area (Å²) in [6.07, 6.45) is 0. The van der Waals surface area contributed by atoms with Crippen molar-refractivity contribution < 1.29 is 19.3 Å². The number of nitrogens with two attached hydrogens (primary N) is 1. The van der Waals surface area contributed by atoms with E-state index in [4.69, 9.17) is 43.1 Å². The first-order valence-electron chi connectivity index (χ1n) is 10.1. The number of hydrogen-bond acceptors (Lipinski definition) is 6. The van der Waals surface area contributed by atoms with E-state index in [1.807, 2.05) is 25.1 Å². The highest BCUT2D eigenvalue weighted by Gasteiger charge is 2.31. The van der Waals surface area contributed by atoms with Crippen molar-refractivity contribution in [3.63, 3.8) is 0 Å². The molecule has 0 bridgehead atoms. The molecule has 0 radical (unpaired) electrons. The van der Waals surface area contributed by atoms with Crippen LogP contribution in [0.1, 0.15) is 29.5 Å². The summed E-state index contributed by atoms with van der Waals surface area (Å²) in [7, 11) is 0. The minimum absolute atomic E-state index is 0.00139. The highest BCUT2D eigenvalue weighted by molar-refractivity contribution is 6.42. The number of allylic oxidation sites excluding steroid dienone is 1. The number of nitrogens with zero attached hydrogens (tertiary/aromatic N) is 1. The van der Waals surface area contributed by atoms with Crippen LogP contribution in [0.25, 0.3) is 0 Å².